The van der Waals surface area contributed by atoms with Crippen LogP contribution in [-0.4, -0.2) is 43.2 Å². The summed E-state index contributed by atoms with van der Waals surface area (Å²) in [4.78, 5) is 14.6. The molecule has 5 nitrogen and oxygen atoms in total. The maximum Gasteiger partial charge on any atom is 0.241 e. The molecule has 128 valence electrons. The lowest BCUT2D eigenvalue weighted by Gasteiger charge is -2.32. The first-order chi connectivity index (χ1) is 10.8. The van der Waals surface area contributed by atoms with E-state index in [1.165, 1.54) is 5.56 Å². The van der Waals surface area contributed by atoms with Crippen LogP contribution in [0.1, 0.15) is 39.3 Å². The summed E-state index contributed by atoms with van der Waals surface area (Å²) in [6.45, 7) is 11.6. The lowest BCUT2D eigenvalue weighted by atomic mass is 9.87. The quantitative estimate of drug-likeness (QED) is 0.894. The largest absolute Gasteiger partial charge is 0.379 e. The summed E-state index contributed by atoms with van der Waals surface area (Å²) < 4.78 is 5.40. The number of ether oxygens (including phenoxy) is 1. The number of rotatable bonds is 4. The van der Waals surface area contributed by atoms with E-state index in [0.29, 0.717) is 6.04 Å². The Bertz CT molecular complexity index is 516. The molecule has 0 saturated carbocycles. The van der Waals surface area contributed by atoms with Gasteiger partial charge in [0.1, 0.15) is 0 Å². The zero-order chi connectivity index (χ0) is 17.0. The van der Waals surface area contributed by atoms with Gasteiger partial charge < -0.3 is 15.8 Å². The molecule has 0 aromatic heterocycles. The van der Waals surface area contributed by atoms with Crippen LogP contribution in [0.4, 0.5) is 5.69 Å². The average Bonchev–Trinajstić information content (AvgIpc) is 2.54. The number of morpholine rings is 1. The third kappa shape index (κ3) is 4.77. The van der Waals surface area contributed by atoms with Crippen LogP contribution in [0, 0.1) is 5.41 Å². The average molecular weight is 319 g/mol. The molecule has 1 aliphatic heterocycles. The van der Waals surface area contributed by atoms with E-state index >= 15 is 0 Å². The smallest absolute Gasteiger partial charge is 0.241 e. The SMILES string of the molecule is CC(c1ccc(NC(=O)[C@@H](N)C(C)(C)C)cc1)N1CCOCC1. The van der Waals surface area contributed by atoms with Crippen molar-refractivity contribution in [3.05, 3.63) is 29.8 Å². The predicted octanol–water partition coefficient (Wildman–Crippen LogP) is 2.39. The standard InChI is InChI=1S/C18H29N3O2/c1-13(21-9-11-23-12-10-21)14-5-7-15(8-6-14)20-17(22)16(19)18(2,3)4/h5-8,13,16H,9-12,19H2,1-4H3,(H,20,22)/t13?,16-/m1/s1. The van der Waals surface area contributed by atoms with Crippen molar-refractivity contribution < 1.29 is 9.53 Å². The molecule has 0 spiro atoms. The van der Waals surface area contributed by atoms with Crippen LogP contribution in [0.15, 0.2) is 24.3 Å². The number of hydrogen-bond acceptors (Lipinski definition) is 4. The van der Waals surface area contributed by atoms with Gasteiger partial charge in [-0.05, 0) is 30.0 Å². The van der Waals surface area contributed by atoms with Gasteiger partial charge in [-0.2, -0.15) is 0 Å². The van der Waals surface area contributed by atoms with E-state index in [0.717, 1.165) is 32.0 Å². The highest BCUT2D eigenvalue weighted by Crippen LogP contribution is 2.23. The number of nitrogens with zero attached hydrogens (tertiary/aromatic N) is 1. The molecule has 3 N–H and O–H groups in total. The molecule has 1 aromatic carbocycles. The van der Waals surface area contributed by atoms with Crippen molar-refractivity contribution >= 4 is 11.6 Å². The van der Waals surface area contributed by atoms with Gasteiger partial charge in [-0.25, -0.2) is 0 Å². The molecular formula is C18H29N3O2. The summed E-state index contributed by atoms with van der Waals surface area (Å²) in [6, 6.07) is 7.84. The molecule has 1 aromatic rings. The minimum Gasteiger partial charge on any atom is -0.379 e. The second-order valence-electron chi connectivity index (χ2n) is 7.28. The fourth-order valence-electron chi connectivity index (χ4n) is 2.63. The van der Waals surface area contributed by atoms with Crippen LogP contribution >= 0.6 is 0 Å². The molecule has 0 aliphatic carbocycles. The number of anilines is 1. The van der Waals surface area contributed by atoms with Crippen molar-refractivity contribution in [2.24, 2.45) is 11.1 Å². The minimum absolute atomic E-state index is 0.147. The maximum atomic E-state index is 12.2. The van der Waals surface area contributed by atoms with Gasteiger partial charge in [-0.15, -0.1) is 0 Å². The zero-order valence-corrected chi connectivity index (χ0v) is 14.6. The van der Waals surface area contributed by atoms with Crippen molar-refractivity contribution in [3.8, 4) is 0 Å². The number of carbonyl (C=O) groups excluding carboxylic acids is 1. The first-order valence-corrected chi connectivity index (χ1v) is 8.27. The van der Waals surface area contributed by atoms with Gasteiger partial charge in [0, 0.05) is 24.8 Å². The van der Waals surface area contributed by atoms with Crippen molar-refractivity contribution in [3.63, 3.8) is 0 Å². The number of benzene rings is 1. The number of hydrogen-bond donors (Lipinski definition) is 2. The van der Waals surface area contributed by atoms with Crippen LogP contribution in [0.2, 0.25) is 0 Å². The van der Waals surface area contributed by atoms with E-state index < -0.39 is 6.04 Å². The van der Waals surface area contributed by atoms with E-state index in [1.54, 1.807) is 0 Å². The molecule has 2 atom stereocenters. The maximum absolute atomic E-state index is 12.2. The summed E-state index contributed by atoms with van der Waals surface area (Å²) in [7, 11) is 0. The Kier molecular flexibility index (Phi) is 5.79. The van der Waals surface area contributed by atoms with Gasteiger partial charge >= 0.3 is 0 Å². The summed E-state index contributed by atoms with van der Waals surface area (Å²) in [5.74, 6) is -0.147. The second-order valence-corrected chi connectivity index (χ2v) is 7.28. The zero-order valence-electron chi connectivity index (χ0n) is 14.6. The van der Waals surface area contributed by atoms with Gasteiger partial charge in [0.25, 0.3) is 0 Å². The second kappa shape index (κ2) is 7.43. The van der Waals surface area contributed by atoms with E-state index in [4.69, 9.17) is 10.5 Å². The highest BCUT2D eigenvalue weighted by molar-refractivity contribution is 5.95. The first kappa shape index (κ1) is 17.9. The first-order valence-electron chi connectivity index (χ1n) is 8.27. The Morgan fingerprint density at radius 3 is 2.30 bits per heavy atom. The van der Waals surface area contributed by atoms with Crippen LogP contribution in [0.3, 0.4) is 0 Å². The predicted molar refractivity (Wildman–Crippen MR) is 93.3 cm³/mol. The molecule has 0 bridgehead atoms. The molecule has 2 rings (SSSR count). The molecule has 1 fully saturated rings. The van der Waals surface area contributed by atoms with Crippen molar-refractivity contribution in [1.29, 1.82) is 0 Å². The van der Waals surface area contributed by atoms with Gasteiger partial charge in [-0.3, -0.25) is 9.69 Å². The number of carbonyl (C=O) groups is 1. The lowest BCUT2D eigenvalue weighted by Crippen LogP contribution is -2.45. The molecule has 5 heteroatoms. The topological polar surface area (TPSA) is 67.6 Å². The van der Waals surface area contributed by atoms with Crippen LogP contribution in [-0.2, 0) is 9.53 Å². The molecule has 1 unspecified atom stereocenters. The summed E-state index contributed by atoms with van der Waals surface area (Å²) >= 11 is 0. The Morgan fingerprint density at radius 2 is 1.78 bits per heavy atom. The van der Waals surface area contributed by atoms with E-state index in [2.05, 4.69) is 29.3 Å². The van der Waals surface area contributed by atoms with Crippen LogP contribution < -0.4 is 11.1 Å². The fraction of sp³-hybridized carbons (Fsp3) is 0.611. The molecule has 1 heterocycles. The third-order valence-corrected chi connectivity index (χ3v) is 4.47. The Hall–Kier alpha value is -1.43. The Labute approximate surface area is 139 Å². The summed E-state index contributed by atoms with van der Waals surface area (Å²) in [5.41, 5.74) is 7.76. The number of amides is 1. The van der Waals surface area contributed by atoms with E-state index in [1.807, 2.05) is 32.9 Å². The number of nitrogens with one attached hydrogen (secondary N) is 1. The van der Waals surface area contributed by atoms with E-state index in [9.17, 15) is 4.79 Å². The fourth-order valence-corrected chi connectivity index (χ4v) is 2.63. The molecule has 1 aliphatic rings. The van der Waals surface area contributed by atoms with Crippen LogP contribution in [0.25, 0.3) is 0 Å². The monoisotopic (exact) mass is 319 g/mol. The molecule has 23 heavy (non-hydrogen) atoms. The normalized spacial score (nSPS) is 19.2. The molecule has 1 saturated heterocycles. The van der Waals surface area contributed by atoms with Gasteiger partial charge in [0.05, 0.1) is 19.3 Å². The van der Waals surface area contributed by atoms with E-state index in [-0.39, 0.29) is 11.3 Å². The summed E-state index contributed by atoms with van der Waals surface area (Å²) in [6.07, 6.45) is 0. The van der Waals surface area contributed by atoms with Gasteiger partial charge in [0.2, 0.25) is 5.91 Å². The lowest BCUT2D eigenvalue weighted by molar-refractivity contribution is -0.119. The Balaban J connectivity index is 1.97. The van der Waals surface area contributed by atoms with Crippen LogP contribution in [0.5, 0.6) is 0 Å². The highest BCUT2D eigenvalue weighted by Gasteiger charge is 2.27. The van der Waals surface area contributed by atoms with Crippen molar-refractivity contribution in [2.45, 2.75) is 39.8 Å². The highest BCUT2D eigenvalue weighted by atomic mass is 16.5. The molecular weight excluding hydrogens is 290 g/mol. The number of nitrogens with two attached hydrogens (primary N) is 1. The molecule has 0 radical (unpaired) electrons. The third-order valence-electron chi connectivity index (χ3n) is 4.47. The minimum atomic E-state index is -0.533. The van der Waals surface area contributed by atoms with Crippen molar-refractivity contribution in [2.75, 3.05) is 31.6 Å². The summed E-state index contributed by atoms with van der Waals surface area (Å²) in [5, 5.41) is 2.90. The van der Waals surface area contributed by atoms with Crippen molar-refractivity contribution in [1.82, 2.24) is 4.90 Å². The Morgan fingerprint density at radius 1 is 1.22 bits per heavy atom. The van der Waals surface area contributed by atoms with Gasteiger partial charge in [-0.1, -0.05) is 32.9 Å². The molecule has 1 amide bonds. The van der Waals surface area contributed by atoms with Gasteiger partial charge in [0.15, 0.2) is 0 Å².